The first-order valence-electron chi connectivity index (χ1n) is 5.68. The molecule has 0 unspecified atom stereocenters. The van der Waals surface area contributed by atoms with Crippen LogP contribution in [0.2, 0.25) is 0 Å². The highest BCUT2D eigenvalue weighted by Gasteiger charge is 2.20. The summed E-state index contributed by atoms with van der Waals surface area (Å²) in [5.74, 6) is -0.402. The fraction of sp³-hybridized carbons (Fsp3) is 0.417. The minimum atomic E-state index is -0.402. The van der Waals surface area contributed by atoms with E-state index in [0.29, 0.717) is 5.56 Å². The van der Waals surface area contributed by atoms with Gasteiger partial charge in [0.25, 0.3) is 5.91 Å². The Kier molecular flexibility index (Phi) is 3.69. The highest BCUT2D eigenvalue weighted by atomic mass is 79.9. The van der Waals surface area contributed by atoms with Crippen LogP contribution in [0.25, 0.3) is 0 Å². The van der Waals surface area contributed by atoms with Crippen LogP contribution < -0.4 is 16.4 Å². The van der Waals surface area contributed by atoms with E-state index in [2.05, 4.69) is 20.8 Å². The average Bonchev–Trinajstić information content (AvgIpc) is 2.28. The first-order chi connectivity index (χ1) is 8.08. The molecule has 0 bridgehead atoms. The van der Waals surface area contributed by atoms with Crippen molar-refractivity contribution in [2.75, 3.05) is 18.0 Å². The number of primary amides is 1. The Balaban J connectivity index is 2.33. The number of carbonyl (C=O) groups is 1. The minimum absolute atomic E-state index is 0.174. The topological polar surface area (TPSA) is 72.4 Å². The molecule has 1 aromatic rings. The normalized spacial score (nSPS) is 20.4. The summed E-state index contributed by atoms with van der Waals surface area (Å²) in [7, 11) is 0. The van der Waals surface area contributed by atoms with Crippen molar-refractivity contribution < 1.29 is 4.79 Å². The summed E-state index contributed by atoms with van der Waals surface area (Å²) in [6.45, 7) is 1.71. The molecule has 0 spiro atoms. The van der Waals surface area contributed by atoms with Gasteiger partial charge in [0.15, 0.2) is 0 Å². The number of hydrogen-bond donors (Lipinski definition) is 2. The van der Waals surface area contributed by atoms with Gasteiger partial charge < -0.3 is 16.4 Å². The van der Waals surface area contributed by atoms with Crippen LogP contribution in [0.3, 0.4) is 0 Å². The van der Waals surface area contributed by atoms with E-state index in [0.717, 1.165) is 36.1 Å². The van der Waals surface area contributed by atoms with Gasteiger partial charge in [-0.1, -0.05) is 15.9 Å². The predicted molar refractivity (Wildman–Crippen MR) is 72.1 cm³/mol. The van der Waals surface area contributed by atoms with Crippen molar-refractivity contribution in [3.05, 3.63) is 28.2 Å². The van der Waals surface area contributed by atoms with Crippen LogP contribution in [0.5, 0.6) is 0 Å². The second kappa shape index (κ2) is 5.06. The molecule has 0 saturated carbocycles. The van der Waals surface area contributed by atoms with Crippen molar-refractivity contribution in [1.82, 2.24) is 0 Å². The van der Waals surface area contributed by atoms with Gasteiger partial charge in [0.2, 0.25) is 0 Å². The van der Waals surface area contributed by atoms with Crippen molar-refractivity contribution in [1.29, 1.82) is 0 Å². The maximum absolute atomic E-state index is 11.4. The molecule has 1 fully saturated rings. The Morgan fingerprint density at radius 2 is 2.24 bits per heavy atom. The van der Waals surface area contributed by atoms with E-state index >= 15 is 0 Å². The van der Waals surface area contributed by atoms with E-state index in [4.69, 9.17) is 11.5 Å². The smallest absolute Gasteiger partial charge is 0.250 e. The molecule has 0 radical (unpaired) electrons. The van der Waals surface area contributed by atoms with Gasteiger partial charge in [0.05, 0.1) is 5.56 Å². The highest BCUT2D eigenvalue weighted by Crippen LogP contribution is 2.26. The Morgan fingerprint density at radius 1 is 1.47 bits per heavy atom. The van der Waals surface area contributed by atoms with Gasteiger partial charge in [-0.2, -0.15) is 0 Å². The SMILES string of the molecule is NC(=O)c1cc(Br)ccc1N1CCC[C@@H](N)C1. The first-order valence-corrected chi connectivity index (χ1v) is 6.47. The molecule has 1 aliphatic heterocycles. The van der Waals surface area contributed by atoms with Crippen molar-refractivity contribution in [3.8, 4) is 0 Å². The van der Waals surface area contributed by atoms with E-state index in [9.17, 15) is 4.79 Å². The number of carbonyl (C=O) groups excluding carboxylic acids is 1. The van der Waals surface area contributed by atoms with Crippen LogP contribution in [0, 0.1) is 0 Å². The van der Waals surface area contributed by atoms with Gasteiger partial charge in [0, 0.05) is 29.3 Å². The highest BCUT2D eigenvalue weighted by molar-refractivity contribution is 9.10. The van der Waals surface area contributed by atoms with Gasteiger partial charge in [0.1, 0.15) is 0 Å². The molecule has 0 aromatic heterocycles. The minimum Gasteiger partial charge on any atom is -0.369 e. The monoisotopic (exact) mass is 297 g/mol. The molecule has 2 rings (SSSR count). The van der Waals surface area contributed by atoms with E-state index in [-0.39, 0.29) is 6.04 Å². The average molecular weight is 298 g/mol. The first kappa shape index (κ1) is 12.4. The lowest BCUT2D eigenvalue weighted by molar-refractivity contribution is 0.100. The summed E-state index contributed by atoms with van der Waals surface area (Å²) in [5.41, 5.74) is 12.8. The number of nitrogens with two attached hydrogens (primary N) is 2. The molecule has 1 aromatic carbocycles. The summed E-state index contributed by atoms with van der Waals surface area (Å²) >= 11 is 3.35. The van der Waals surface area contributed by atoms with Crippen LogP contribution >= 0.6 is 15.9 Å². The van der Waals surface area contributed by atoms with Crippen molar-refractivity contribution >= 4 is 27.5 Å². The van der Waals surface area contributed by atoms with Crippen molar-refractivity contribution in [2.45, 2.75) is 18.9 Å². The quantitative estimate of drug-likeness (QED) is 0.868. The number of amides is 1. The lowest BCUT2D eigenvalue weighted by Gasteiger charge is -2.33. The maximum Gasteiger partial charge on any atom is 0.250 e. The zero-order chi connectivity index (χ0) is 12.4. The third kappa shape index (κ3) is 2.79. The van der Waals surface area contributed by atoms with E-state index in [1.54, 1.807) is 6.07 Å². The van der Waals surface area contributed by atoms with Gasteiger partial charge in [-0.25, -0.2) is 0 Å². The van der Waals surface area contributed by atoms with Gasteiger partial charge in [-0.3, -0.25) is 4.79 Å². The second-order valence-electron chi connectivity index (χ2n) is 4.37. The molecular formula is C12H16BrN3O. The van der Waals surface area contributed by atoms with Gasteiger partial charge >= 0.3 is 0 Å². The zero-order valence-corrected chi connectivity index (χ0v) is 11.1. The fourth-order valence-electron chi connectivity index (χ4n) is 2.21. The number of nitrogens with zero attached hydrogens (tertiary/aromatic N) is 1. The molecule has 92 valence electrons. The number of anilines is 1. The fourth-order valence-corrected chi connectivity index (χ4v) is 2.57. The van der Waals surface area contributed by atoms with Crippen LogP contribution in [-0.4, -0.2) is 25.0 Å². The summed E-state index contributed by atoms with van der Waals surface area (Å²) in [5, 5.41) is 0. The number of halogens is 1. The molecule has 17 heavy (non-hydrogen) atoms. The van der Waals surface area contributed by atoms with Crippen LogP contribution in [0.4, 0.5) is 5.69 Å². The Labute approximate surface area is 109 Å². The van der Waals surface area contributed by atoms with Gasteiger partial charge in [-0.05, 0) is 31.0 Å². The molecule has 1 heterocycles. The Hall–Kier alpha value is -1.07. The Bertz CT molecular complexity index is 436. The molecule has 1 aliphatic rings. The van der Waals surface area contributed by atoms with E-state index in [1.165, 1.54) is 0 Å². The predicted octanol–water partition coefficient (Wildman–Crippen LogP) is 1.48. The number of hydrogen-bond acceptors (Lipinski definition) is 3. The number of rotatable bonds is 2. The molecule has 1 atom stereocenters. The molecule has 5 heteroatoms. The van der Waals surface area contributed by atoms with Crippen LogP contribution in [0.1, 0.15) is 23.2 Å². The standard InChI is InChI=1S/C12H16BrN3O/c13-8-3-4-11(10(6-8)12(15)17)16-5-1-2-9(14)7-16/h3-4,6,9H,1-2,5,7,14H2,(H2,15,17)/t9-/m1/s1. The van der Waals surface area contributed by atoms with E-state index in [1.807, 2.05) is 12.1 Å². The van der Waals surface area contributed by atoms with Crippen LogP contribution in [-0.2, 0) is 0 Å². The molecule has 1 saturated heterocycles. The molecule has 4 nitrogen and oxygen atoms in total. The Morgan fingerprint density at radius 3 is 2.88 bits per heavy atom. The summed E-state index contributed by atoms with van der Waals surface area (Å²) < 4.78 is 0.858. The number of piperidine rings is 1. The van der Waals surface area contributed by atoms with Gasteiger partial charge in [-0.15, -0.1) is 0 Å². The van der Waals surface area contributed by atoms with E-state index < -0.39 is 5.91 Å². The van der Waals surface area contributed by atoms with Crippen molar-refractivity contribution in [2.24, 2.45) is 11.5 Å². The molecule has 1 amide bonds. The third-order valence-corrected chi connectivity index (χ3v) is 3.52. The summed E-state index contributed by atoms with van der Waals surface area (Å²) in [6, 6.07) is 5.77. The molecule has 0 aliphatic carbocycles. The summed E-state index contributed by atoms with van der Waals surface area (Å²) in [4.78, 5) is 13.6. The lowest BCUT2D eigenvalue weighted by atomic mass is 10.0. The second-order valence-corrected chi connectivity index (χ2v) is 5.29. The maximum atomic E-state index is 11.4. The largest absolute Gasteiger partial charge is 0.369 e. The number of benzene rings is 1. The molecule has 4 N–H and O–H groups in total. The lowest BCUT2D eigenvalue weighted by Crippen LogP contribution is -2.43. The third-order valence-electron chi connectivity index (χ3n) is 3.02. The zero-order valence-electron chi connectivity index (χ0n) is 9.53. The van der Waals surface area contributed by atoms with Crippen molar-refractivity contribution in [3.63, 3.8) is 0 Å². The summed E-state index contributed by atoms with van der Waals surface area (Å²) in [6.07, 6.45) is 2.09. The van der Waals surface area contributed by atoms with Crippen LogP contribution in [0.15, 0.2) is 22.7 Å². The molecular weight excluding hydrogens is 282 g/mol.